The van der Waals surface area contributed by atoms with Crippen molar-refractivity contribution in [1.82, 2.24) is 9.78 Å². The highest BCUT2D eigenvalue weighted by Crippen LogP contribution is 2.14. The van der Waals surface area contributed by atoms with Gasteiger partial charge in [0.05, 0.1) is 27.9 Å². The standard InChI is InChI=1S/C12H12BrN3O2S2/c13-10-7-15-16(8-10)4-5-20(17,18)11-3-1-2-9(6-11)12(14)19/h1-3,6-8H,4-5H2,(H2,14,19). The molecule has 0 unspecified atom stereocenters. The van der Waals surface area contributed by atoms with E-state index in [9.17, 15) is 8.42 Å². The fourth-order valence-corrected chi connectivity index (χ4v) is 3.35. The maximum Gasteiger partial charge on any atom is 0.180 e. The molecule has 1 aromatic heterocycles. The number of nitrogens with two attached hydrogens (primary N) is 1. The number of rotatable bonds is 5. The molecule has 20 heavy (non-hydrogen) atoms. The van der Waals surface area contributed by atoms with Gasteiger partial charge < -0.3 is 5.73 Å². The van der Waals surface area contributed by atoms with Crippen molar-refractivity contribution in [1.29, 1.82) is 0 Å². The highest BCUT2D eigenvalue weighted by atomic mass is 79.9. The van der Waals surface area contributed by atoms with Crippen molar-refractivity contribution in [2.24, 2.45) is 5.73 Å². The summed E-state index contributed by atoms with van der Waals surface area (Å²) in [5.74, 6) is -0.0398. The topological polar surface area (TPSA) is 78.0 Å². The predicted octanol–water partition coefficient (Wildman–Crippen LogP) is 1.75. The van der Waals surface area contributed by atoms with Gasteiger partial charge in [0, 0.05) is 11.8 Å². The Labute approximate surface area is 130 Å². The highest BCUT2D eigenvalue weighted by Gasteiger charge is 2.15. The third-order valence-corrected chi connectivity index (χ3v) is 5.01. The summed E-state index contributed by atoms with van der Waals surface area (Å²) >= 11 is 8.11. The van der Waals surface area contributed by atoms with Gasteiger partial charge in [-0.1, -0.05) is 24.4 Å². The van der Waals surface area contributed by atoms with E-state index in [1.54, 1.807) is 29.2 Å². The van der Waals surface area contributed by atoms with Crippen LogP contribution in [0.5, 0.6) is 0 Å². The van der Waals surface area contributed by atoms with E-state index in [2.05, 4.69) is 21.0 Å². The van der Waals surface area contributed by atoms with Gasteiger partial charge in [-0.3, -0.25) is 4.68 Å². The summed E-state index contributed by atoms with van der Waals surface area (Å²) in [7, 11) is -3.40. The Kier molecular flexibility index (Phi) is 4.56. The zero-order valence-electron chi connectivity index (χ0n) is 10.4. The van der Waals surface area contributed by atoms with Crippen LogP contribution < -0.4 is 5.73 Å². The zero-order chi connectivity index (χ0) is 14.8. The Bertz CT molecular complexity index is 741. The third kappa shape index (κ3) is 3.65. The molecule has 106 valence electrons. The molecule has 0 aliphatic heterocycles. The van der Waals surface area contributed by atoms with Crippen molar-refractivity contribution in [2.45, 2.75) is 11.4 Å². The van der Waals surface area contributed by atoms with Gasteiger partial charge in [-0.2, -0.15) is 5.10 Å². The van der Waals surface area contributed by atoms with E-state index in [1.165, 1.54) is 12.1 Å². The van der Waals surface area contributed by atoms with Crippen LogP contribution in [-0.4, -0.2) is 28.9 Å². The maximum atomic E-state index is 12.3. The molecule has 0 bridgehead atoms. The van der Waals surface area contributed by atoms with Gasteiger partial charge in [0.2, 0.25) is 0 Å². The van der Waals surface area contributed by atoms with Crippen molar-refractivity contribution in [3.05, 3.63) is 46.7 Å². The normalized spacial score (nSPS) is 11.4. The van der Waals surface area contributed by atoms with E-state index in [0.717, 1.165) is 4.47 Å². The molecule has 0 aliphatic carbocycles. The summed E-state index contributed by atoms with van der Waals surface area (Å²) in [6.45, 7) is 0.283. The molecule has 2 aromatic rings. The van der Waals surface area contributed by atoms with Crippen LogP contribution in [0.3, 0.4) is 0 Å². The van der Waals surface area contributed by atoms with Crippen molar-refractivity contribution in [3.63, 3.8) is 0 Å². The minimum atomic E-state index is -3.40. The predicted molar refractivity (Wildman–Crippen MR) is 84.3 cm³/mol. The van der Waals surface area contributed by atoms with Gasteiger partial charge in [-0.25, -0.2) is 8.42 Å². The average Bonchev–Trinajstić information content (AvgIpc) is 2.82. The molecule has 0 radical (unpaired) electrons. The average molecular weight is 374 g/mol. The SMILES string of the molecule is NC(=S)c1cccc(S(=O)(=O)CCn2cc(Br)cn2)c1. The third-order valence-electron chi connectivity index (χ3n) is 2.67. The minimum absolute atomic E-state index is 0.0398. The van der Waals surface area contributed by atoms with Crippen LogP contribution in [0.15, 0.2) is 46.0 Å². The lowest BCUT2D eigenvalue weighted by Crippen LogP contribution is -2.15. The van der Waals surface area contributed by atoms with Crippen LogP contribution in [0, 0.1) is 0 Å². The second-order valence-corrected chi connectivity index (χ2v) is 7.60. The van der Waals surface area contributed by atoms with Gasteiger partial charge in [-0.15, -0.1) is 0 Å². The Balaban J connectivity index is 2.17. The molecule has 1 aromatic carbocycles. The number of sulfone groups is 1. The number of hydrogen-bond acceptors (Lipinski definition) is 4. The van der Waals surface area contributed by atoms with E-state index in [-0.39, 0.29) is 22.2 Å². The Hall–Kier alpha value is -1.25. The monoisotopic (exact) mass is 373 g/mol. The van der Waals surface area contributed by atoms with Crippen LogP contribution in [-0.2, 0) is 16.4 Å². The number of halogens is 1. The van der Waals surface area contributed by atoms with Crippen LogP contribution in [0.2, 0.25) is 0 Å². The van der Waals surface area contributed by atoms with Gasteiger partial charge in [0.15, 0.2) is 9.84 Å². The van der Waals surface area contributed by atoms with E-state index >= 15 is 0 Å². The first-order chi connectivity index (χ1) is 9.38. The number of aryl methyl sites for hydroxylation is 1. The molecule has 0 aliphatic rings. The molecular weight excluding hydrogens is 362 g/mol. The summed E-state index contributed by atoms with van der Waals surface area (Å²) in [5, 5.41) is 4.02. The molecule has 2 rings (SSSR count). The summed E-state index contributed by atoms with van der Waals surface area (Å²) in [6.07, 6.45) is 3.33. The molecule has 8 heteroatoms. The van der Waals surface area contributed by atoms with E-state index < -0.39 is 9.84 Å². The molecule has 0 saturated carbocycles. The number of thiocarbonyl (C=S) groups is 1. The first-order valence-electron chi connectivity index (χ1n) is 5.69. The van der Waals surface area contributed by atoms with Crippen LogP contribution in [0.4, 0.5) is 0 Å². The summed E-state index contributed by atoms with van der Waals surface area (Å²) in [6, 6.07) is 6.35. The number of aromatic nitrogens is 2. The summed E-state index contributed by atoms with van der Waals surface area (Å²) in [5.41, 5.74) is 6.06. The largest absolute Gasteiger partial charge is 0.389 e. The van der Waals surface area contributed by atoms with Crippen molar-refractivity contribution >= 4 is 43.0 Å². The molecule has 5 nitrogen and oxygen atoms in total. The molecular formula is C12H12BrN3O2S2. The molecule has 0 amide bonds. The van der Waals surface area contributed by atoms with Crippen molar-refractivity contribution < 1.29 is 8.42 Å². The molecule has 2 N–H and O–H groups in total. The molecule has 0 fully saturated rings. The molecule has 0 saturated heterocycles. The van der Waals surface area contributed by atoms with Gasteiger partial charge in [0.1, 0.15) is 4.99 Å². The number of hydrogen-bond donors (Lipinski definition) is 1. The first kappa shape index (κ1) is 15.1. The van der Waals surface area contributed by atoms with Crippen molar-refractivity contribution in [3.8, 4) is 0 Å². The maximum absolute atomic E-state index is 12.3. The zero-order valence-corrected chi connectivity index (χ0v) is 13.6. The Morgan fingerprint density at radius 3 is 2.80 bits per heavy atom. The number of nitrogens with zero attached hydrogens (tertiary/aromatic N) is 2. The van der Waals surface area contributed by atoms with Gasteiger partial charge in [-0.05, 0) is 28.1 Å². The summed E-state index contributed by atoms with van der Waals surface area (Å²) in [4.78, 5) is 0.395. The number of benzene rings is 1. The van der Waals surface area contributed by atoms with Crippen LogP contribution >= 0.6 is 28.1 Å². The Morgan fingerprint density at radius 2 is 2.20 bits per heavy atom. The smallest absolute Gasteiger partial charge is 0.180 e. The molecule has 0 spiro atoms. The quantitative estimate of drug-likeness (QED) is 0.807. The Morgan fingerprint density at radius 1 is 1.45 bits per heavy atom. The van der Waals surface area contributed by atoms with E-state index in [1.807, 2.05) is 0 Å². The van der Waals surface area contributed by atoms with E-state index in [4.69, 9.17) is 18.0 Å². The first-order valence-corrected chi connectivity index (χ1v) is 8.54. The van der Waals surface area contributed by atoms with Gasteiger partial charge in [0.25, 0.3) is 0 Å². The van der Waals surface area contributed by atoms with Crippen molar-refractivity contribution in [2.75, 3.05) is 5.75 Å². The van der Waals surface area contributed by atoms with Crippen LogP contribution in [0.25, 0.3) is 0 Å². The minimum Gasteiger partial charge on any atom is -0.389 e. The lowest BCUT2D eigenvalue weighted by Gasteiger charge is -2.06. The van der Waals surface area contributed by atoms with E-state index in [0.29, 0.717) is 5.56 Å². The fourth-order valence-electron chi connectivity index (χ4n) is 1.64. The second kappa shape index (κ2) is 6.02. The fraction of sp³-hybridized carbons (Fsp3) is 0.167. The molecule has 0 atom stereocenters. The highest BCUT2D eigenvalue weighted by molar-refractivity contribution is 9.10. The lowest BCUT2D eigenvalue weighted by molar-refractivity contribution is 0.580. The lowest BCUT2D eigenvalue weighted by atomic mass is 10.2. The van der Waals surface area contributed by atoms with Crippen LogP contribution in [0.1, 0.15) is 5.56 Å². The van der Waals surface area contributed by atoms with Gasteiger partial charge >= 0.3 is 0 Å². The second-order valence-electron chi connectivity index (χ2n) is 4.13. The molecule has 1 heterocycles. The summed E-state index contributed by atoms with van der Waals surface area (Å²) < 4.78 is 26.9.